The van der Waals surface area contributed by atoms with E-state index in [2.05, 4.69) is 38.2 Å². The van der Waals surface area contributed by atoms with Crippen molar-refractivity contribution in [2.75, 3.05) is 0 Å². The number of rotatable bonds is 25. The molecule has 0 aromatic rings. The topological polar surface area (TPSA) is 74.6 Å². The van der Waals surface area contributed by atoms with Gasteiger partial charge in [0.05, 0.1) is 0 Å². The van der Waals surface area contributed by atoms with Gasteiger partial charge in [0.1, 0.15) is 0 Å². The molecule has 0 bridgehead atoms. The second-order valence-electron chi connectivity index (χ2n) is 9.69. The lowest BCUT2D eigenvalue weighted by Gasteiger charge is -1.99. The van der Waals surface area contributed by atoms with Crippen LogP contribution in [0, 0.1) is 0 Å². The monoisotopic (exact) mass is 494 g/mol. The maximum absolute atomic E-state index is 10.3. The Hall–Kier alpha value is -1.58. The Morgan fingerprint density at radius 1 is 0.429 bits per heavy atom. The molecule has 0 aliphatic heterocycles. The predicted octanol–water partition coefficient (Wildman–Crippen LogP) is 10.3. The first kappa shape index (κ1) is 35.6. The van der Waals surface area contributed by atoms with Gasteiger partial charge in [-0.3, -0.25) is 9.59 Å². The molecule has 0 heterocycles. The lowest BCUT2D eigenvalue weighted by atomic mass is 10.1. The third-order valence-electron chi connectivity index (χ3n) is 6.05. The van der Waals surface area contributed by atoms with E-state index in [1.165, 1.54) is 109 Å². The van der Waals surface area contributed by atoms with E-state index in [-0.39, 0.29) is 0 Å². The van der Waals surface area contributed by atoms with Gasteiger partial charge in [-0.15, -0.1) is 0 Å². The van der Waals surface area contributed by atoms with Crippen molar-refractivity contribution in [1.82, 2.24) is 0 Å². The minimum Gasteiger partial charge on any atom is -0.481 e. The van der Waals surface area contributed by atoms with Crippen LogP contribution in [0.4, 0.5) is 0 Å². The van der Waals surface area contributed by atoms with Crippen LogP contribution in [-0.2, 0) is 9.59 Å². The normalized spacial score (nSPS) is 11.1. The van der Waals surface area contributed by atoms with E-state index in [9.17, 15) is 9.59 Å². The minimum absolute atomic E-state index is 0.331. The molecule has 2 N–H and O–H groups in total. The molecule has 4 nitrogen and oxygen atoms in total. The van der Waals surface area contributed by atoms with Gasteiger partial charge in [0, 0.05) is 12.8 Å². The zero-order valence-electron chi connectivity index (χ0n) is 23.3. The summed E-state index contributed by atoms with van der Waals surface area (Å²) in [5.74, 6) is -1.33. The van der Waals surface area contributed by atoms with Crippen LogP contribution in [0.2, 0.25) is 0 Å². The molecule has 0 aromatic carbocycles. The number of hydrogen-bond acceptors (Lipinski definition) is 2. The smallest absolute Gasteiger partial charge is 0.303 e. The Kier molecular flexibility index (Phi) is 33.0. The van der Waals surface area contributed by atoms with E-state index in [1.807, 2.05) is 0 Å². The standard InChI is InChI=1S/C16H30O2.C15H28O2/c1-2-3-4-5-6-7-8-9-10-11-12-13-14-15-16(17)18;1-2-3-4-5-6-7-8-9-10-11-12-13-14-15(16)17/h7-8H,2-6,9-15H2,1H3,(H,17,18);5-6H,2-4,7-14H2,1H3,(H,16,17). The molecule has 0 aromatic heterocycles. The van der Waals surface area contributed by atoms with Crippen LogP contribution in [0.5, 0.6) is 0 Å². The minimum atomic E-state index is -0.666. The van der Waals surface area contributed by atoms with Gasteiger partial charge >= 0.3 is 11.9 Å². The molecule has 0 aliphatic rings. The molecule has 35 heavy (non-hydrogen) atoms. The highest BCUT2D eigenvalue weighted by Gasteiger charge is 1.97. The van der Waals surface area contributed by atoms with Crippen LogP contribution in [-0.4, -0.2) is 22.2 Å². The lowest BCUT2D eigenvalue weighted by Crippen LogP contribution is -1.93. The molecular weight excluding hydrogens is 436 g/mol. The van der Waals surface area contributed by atoms with Gasteiger partial charge in [-0.05, 0) is 57.8 Å². The maximum Gasteiger partial charge on any atom is 0.303 e. The highest BCUT2D eigenvalue weighted by molar-refractivity contribution is 5.66. The quantitative estimate of drug-likeness (QED) is 0.0977. The molecule has 0 aliphatic carbocycles. The Morgan fingerprint density at radius 2 is 0.714 bits per heavy atom. The van der Waals surface area contributed by atoms with Gasteiger partial charge in [0.15, 0.2) is 0 Å². The summed E-state index contributed by atoms with van der Waals surface area (Å²) in [7, 11) is 0. The first-order valence-electron chi connectivity index (χ1n) is 14.8. The summed E-state index contributed by atoms with van der Waals surface area (Å²) in [6, 6.07) is 0. The van der Waals surface area contributed by atoms with Crippen LogP contribution in [0.3, 0.4) is 0 Å². The SMILES string of the molecule is CCCCC=CCCCCCCCCC(=O)O.CCCCCCC=CCCCCCCCC(=O)O. The predicted molar refractivity (Wildman–Crippen MR) is 151 cm³/mol. The number of aliphatic carboxylic acids is 2. The summed E-state index contributed by atoms with van der Waals surface area (Å²) in [6.07, 6.45) is 35.2. The summed E-state index contributed by atoms with van der Waals surface area (Å²) in [4.78, 5) is 20.6. The number of carboxylic acids is 2. The molecule has 0 radical (unpaired) electrons. The summed E-state index contributed by atoms with van der Waals surface area (Å²) in [5.41, 5.74) is 0. The molecule has 206 valence electrons. The average molecular weight is 495 g/mol. The van der Waals surface area contributed by atoms with Crippen LogP contribution in [0.1, 0.15) is 162 Å². The Balaban J connectivity index is 0. The van der Waals surface area contributed by atoms with Gasteiger partial charge < -0.3 is 10.2 Å². The van der Waals surface area contributed by atoms with Crippen molar-refractivity contribution in [3.05, 3.63) is 24.3 Å². The third kappa shape index (κ3) is 39.9. The molecule has 4 heteroatoms. The van der Waals surface area contributed by atoms with E-state index in [4.69, 9.17) is 10.2 Å². The number of hydrogen-bond donors (Lipinski definition) is 2. The van der Waals surface area contributed by atoms with Gasteiger partial charge in [-0.2, -0.15) is 0 Å². The highest BCUT2D eigenvalue weighted by Crippen LogP contribution is 2.10. The fraction of sp³-hybridized carbons (Fsp3) is 0.806. The number of carboxylic acid groups (broad SMARTS) is 2. The number of carbonyl (C=O) groups is 2. The third-order valence-corrected chi connectivity index (χ3v) is 6.05. The molecule has 0 amide bonds. The first-order chi connectivity index (χ1) is 17.0. The molecular formula is C31H58O4. The van der Waals surface area contributed by atoms with Crippen molar-refractivity contribution in [3.8, 4) is 0 Å². The van der Waals surface area contributed by atoms with Crippen molar-refractivity contribution in [3.63, 3.8) is 0 Å². The average Bonchev–Trinajstić information content (AvgIpc) is 2.83. The fourth-order valence-corrected chi connectivity index (χ4v) is 3.80. The molecule has 0 fully saturated rings. The molecule has 0 atom stereocenters. The molecule has 0 unspecified atom stereocenters. The second-order valence-corrected chi connectivity index (χ2v) is 9.69. The van der Waals surface area contributed by atoms with E-state index in [0.29, 0.717) is 12.8 Å². The summed E-state index contributed by atoms with van der Waals surface area (Å²) < 4.78 is 0. The van der Waals surface area contributed by atoms with Gasteiger partial charge in [0.25, 0.3) is 0 Å². The van der Waals surface area contributed by atoms with E-state index in [0.717, 1.165) is 25.7 Å². The first-order valence-corrected chi connectivity index (χ1v) is 14.8. The second kappa shape index (κ2) is 32.4. The zero-order valence-corrected chi connectivity index (χ0v) is 23.3. The highest BCUT2D eigenvalue weighted by atomic mass is 16.4. The van der Waals surface area contributed by atoms with Crippen LogP contribution in [0.15, 0.2) is 24.3 Å². The van der Waals surface area contributed by atoms with Gasteiger partial charge in [-0.25, -0.2) is 0 Å². The number of unbranched alkanes of at least 4 members (excludes halogenated alkanes) is 17. The molecule has 0 saturated carbocycles. The number of allylic oxidation sites excluding steroid dienone is 4. The van der Waals surface area contributed by atoms with Crippen molar-refractivity contribution < 1.29 is 19.8 Å². The van der Waals surface area contributed by atoms with Crippen LogP contribution >= 0.6 is 0 Å². The molecule has 0 rings (SSSR count). The van der Waals surface area contributed by atoms with Crippen molar-refractivity contribution in [2.24, 2.45) is 0 Å². The van der Waals surface area contributed by atoms with E-state index in [1.54, 1.807) is 0 Å². The zero-order chi connectivity index (χ0) is 26.2. The Morgan fingerprint density at radius 3 is 1.06 bits per heavy atom. The van der Waals surface area contributed by atoms with Gasteiger partial charge in [-0.1, -0.05) is 115 Å². The van der Waals surface area contributed by atoms with Crippen LogP contribution < -0.4 is 0 Å². The van der Waals surface area contributed by atoms with Crippen LogP contribution in [0.25, 0.3) is 0 Å². The van der Waals surface area contributed by atoms with Crippen molar-refractivity contribution in [1.29, 1.82) is 0 Å². The van der Waals surface area contributed by atoms with Crippen molar-refractivity contribution >= 4 is 11.9 Å². The Bertz CT molecular complexity index is 496. The lowest BCUT2D eigenvalue weighted by molar-refractivity contribution is -0.138. The molecule has 0 saturated heterocycles. The summed E-state index contributed by atoms with van der Waals surface area (Å²) in [6.45, 7) is 4.46. The van der Waals surface area contributed by atoms with Gasteiger partial charge in [0.2, 0.25) is 0 Å². The van der Waals surface area contributed by atoms with E-state index < -0.39 is 11.9 Å². The Labute approximate surface area is 217 Å². The summed E-state index contributed by atoms with van der Waals surface area (Å²) in [5, 5.41) is 16.9. The maximum atomic E-state index is 10.3. The van der Waals surface area contributed by atoms with E-state index >= 15 is 0 Å². The fourth-order valence-electron chi connectivity index (χ4n) is 3.80. The van der Waals surface area contributed by atoms with Crippen molar-refractivity contribution in [2.45, 2.75) is 162 Å². The largest absolute Gasteiger partial charge is 0.481 e. The molecule has 0 spiro atoms. The summed E-state index contributed by atoms with van der Waals surface area (Å²) >= 11 is 0.